The van der Waals surface area contributed by atoms with Crippen LogP contribution in [-0.2, 0) is 9.59 Å². The molecule has 0 saturated carbocycles. The number of carbonyl (C=O) groups is 3. The third-order valence-corrected chi connectivity index (χ3v) is 4.86. The summed E-state index contributed by atoms with van der Waals surface area (Å²) in [5.41, 5.74) is 5.38. The first kappa shape index (κ1) is 17.6. The molecule has 6 nitrogen and oxygen atoms in total. The number of hydrogen-bond donors (Lipinski definition) is 2. The summed E-state index contributed by atoms with van der Waals surface area (Å²) in [5, 5.41) is 4.63. The van der Waals surface area contributed by atoms with E-state index in [1.807, 2.05) is 11.4 Å². The van der Waals surface area contributed by atoms with Gasteiger partial charge in [0.15, 0.2) is 5.78 Å². The van der Waals surface area contributed by atoms with Gasteiger partial charge in [-0.2, -0.15) is 0 Å². The van der Waals surface area contributed by atoms with Crippen molar-refractivity contribution in [3.05, 3.63) is 22.4 Å². The van der Waals surface area contributed by atoms with Gasteiger partial charge in [-0.1, -0.05) is 6.07 Å². The van der Waals surface area contributed by atoms with Crippen LogP contribution in [0.3, 0.4) is 0 Å². The number of nitrogens with zero attached hydrogens (tertiary/aromatic N) is 1. The Morgan fingerprint density at radius 3 is 2.87 bits per heavy atom. The highest BCUT2D eigenvalue weighted by atomic mass is 32.1. The van der Waals surface area contributed by atoms with E-state index in [0.29, 0.717) is 31.1 Å². The Hall–Kier alpha value is -1.73. The first-order valence-corrected chi connectivity index (χ1v) is 8.82. The minimum absolute atomic E-state index is 0.00241. The van der Waals surface area contributed by atoms with E-state index in [0.717, 1.165) is 12.8 Å². The summed E-state index contributed by atoms with van der Waals surface area (Å²) in [6.45, 7) is 1.96. The highest BCUT2D eigenvalue weighted by molar-refractivity contribution is 7.12. The molecule has 1 atom stereocenters. The molecule has 1 aromatic rings. The molecule has 2 amide bonds. The normalized spacial score (nSPS) is 17.8. The van der Waals surface area contributed by atoms with Gasteiger partial charge < -0.3 is 16.0 Å². The number of nitrogens with two attached hydrogens (primary N) is 1. The van der Waals surface area contributed by atoms with Crippen molar-refractivity contribution >= 4 is 28.9 Å². The molecular weight excluding hydrogens is 314 g/mol. The maximum absolute atomic E-state index is 12.3. The SMILES string of the molecule is NCCNC(=O)C1CCCN(C(=O)CCC(=O)c2cccs2)C1. The van der Waals surface area contributed by atoms with Crippen LogP contribution in [0.4, 0.5) is 0 Å². The lowest BCUT2D eigenvalue weighted by Crippen LogP contribution is -2.46. The molecule has 23 heavy (non-hydrogen) atoms. The third kappa shape index (κ3) is 5.14. The number of Topliss-reactive ketones (excluding diaryl/α,β-unsaturated/α-hetero) is 1. The lowest BCUT2D eigenvalue weighted by molar-refractivity contribution is -0.135. The van der Waals surface area contributed by atoms with Gasteiger partial charge in [-0.05, 0) is 24.3 Å². The average molecular weight is 337 g/mol. The Morgan fingerprint density at radius 2 is 2.17 bits per heavy atom. The van der Waals surface area contributed by atoms with E-state index in [1.54, 1.807) is 11.0 Å². The van der Waals surface area contributed by atoms with E-state index < -0.39 is 0 Å². The van der Waals surface area contributed by atoms with Crippen molar-refractivity contribution in [2.75, 3.05) is 26.2 Å². The summed E-state index contributed by atoms with van der Waals surface area (Å²) in [5.74, 6) is -0.260. The first-order chi connectivity index (χ1) is 11.1. The third-order valence-electron chi connectivity index (χ3n) is 3.95. The molecule has 0 radical (unpaired) electrons. The highest BCUT2D eigenvalue weighted by Crippen LogP contribution is 2.19. The van der Waals surface area contributed by atoms with E-state index in [-0.39, 0.29) is 36.4 Å². The summed E-state index contributed by atoms with van der Waals surface area (Å²) < 4.78 is 0. The number of amides is 2. The zero-order valence-electron chi connectivity index (χ0n) is 13.1. The molecule has 0 spiro atoms. The van der Waals surface area contributed by atoms with Crippen LogP contribution >= 0.6 is 11.3 Å². The zero-order valence-corrected chi connectivity index (χ0v) is 13.9. The second-order valence-electron chi connectivity index (χ2n) is 5.66. The lowest BCUT2D eigenvalue weighted by atomic mass is 9.96. The van der Waals surface area contributed by atoms with Crippen LogP contribution in [-0.4, -0.2) is 48.7 Å². The first-order valence-electron chi connectivity index (χ1n) is 7.94. The molecule has 1 fully saturated rings. The fourth-order valence-corrected chi connectivity index (χ4v) is 3.39. The Morgan fingerprint density at radius 1 is 1.35 bits per heavy atom. The van der Waals surface area contributed by atoms with Gasteiger partial charge in [-0.3, -0.25) is 14.4 Å². The molecule has 1 aliphatic rings. The van der Waals surface area contributed by atoms with E-state index >= 15 is 0 Å². The van der Waals surface area contributed by atoms with Crippen LogP contribution in [0.5, 0.6) is 0 Å². The maximum Gasteiger partial charge on any atom is 0.224 e. The summed E-state index contributed by atoms with van der Waals surface area (Å²) in [7, 11) is 0. The van der Waals surface area contributed by atoms with Crippen molar-refractivity contribution in [3.8, 4) is 0 Å². The number of carbonyl (C=O) groups excluding carboxylic acids is 3. The van der Waals surface area contributed by atoms with Gasteiger partial charge in [0.1, 0.15) is 0 Å². The number of likely N-dealkylation sites (tertiary alicyclic amines) is 1. The van der Waals surface area contributed by atoms with E-state index in [4.69, 9.17) is 5.73 Å². The molecule has 1 aliphatic heterocycles. The second kappa shape index (κ2) is 8.79. The molecule has 2 rings (SSSR count). The van der Waals surface area contributed by atoms with Crippen LogP contribution in [0.1, 0.15) is 35.4 Å². The van der Waals surface area contributed by atoms with Crippen molar-refractivity contribution in [2.24, 2.45) is 11.7 Å². The fourth-order valence-electron chi connectivity index (χ4n) is 2.70. The predicted molar refractivity (Wildman–Crippen MR) is 89.3 cm³/mol. The maximum atomic E-state index is 12.3. The Kier molecular flexibility index (Phi) is 6.73. The molecule has 0 aliphatic carbocycles. The molecule has 1 aromatic heterocycles. The number of thiophene rings is 1. The van der Waals surface area contributed by atoms with E-state index in [9.17, 15) is 14.4 Å². The molecule has 3 N–H and O–H groups in total. The lowest BCUT2D eigenvalue weighted by Gasteiger charge is -2.32. The second-order valence-corrected chi connectivity index (χ2v) is 6.61. The van der Waals surface area contributed by atoms with Crippen LogP contribution in [0.25, 0.3) is 0 Å². The van der Waals surface area contributed by atoms with Crippen molar-refractivity contribution in [1.29, 1.82) is 0 Å². The molecule has 1 saturated heterocycles. The zero-order chi connectivity index (χ0) is 16.7. The molecule has 7 heteroatoms. The van der Waals surface area contributed by atoms with Gasteiger partial charge >= 0.3 is 0 Å². The topological polar surface area (TPSA) is 92.5 Å². The van der Waals surface area contributed by atoms with Crippen LogP contribution < -0.4 is 11.1 Å². The molecule has 0 aromatic carbocycles. The van der Waals surface area contributed by atoms with Gasteiger partial charge in [-0.15, -0.1) is 11.3 Å². The average Bonchev–Trinajstić information content (AvgIpc) is 3.12. The predicted octanol–water partition coefficient (Wildman–Crippen LogP) is 1.02. The number of rotatable bonds is 7. The molecule has 1 unspecified atom stereocenters. The van der Waals surface area contributed by atoms with Crippen molar-refractivity contribution in [1.82, 2.24) is 10.2 Å². The smallest absolute Gasteiger partial charge is 0.224 e. The van der Waals surface area contributed by atoms with Crippen LogP contribution in [0.15, 0.2) is 17.5 Å². The quantitative estimate of drug-likeness (QED) is 0.727. The standard InChI is InChI=1S/C16H23N3O3S/c17-7-8-18-16(22)12-3-1-9-19(11-12)15(21)6-5-13(20)14-4-2-10-23-14/h2,4,10,12H,1,3,5-9,11,17H2,(H,18,22). The van der Waals surface area contributed by atoms with Gasteiger partial charge in [-0.25, -0.2) is 0 Å². The minimum Gasteiger partial charge on any atom is -0.355 e. The fraction of sp³-hybridized carbons (Fsp3) is 0.562. The summed E-state index contributed by atoms with van der Waals surface area (Å²) in [4.78, 5) is 38.6. The largest absolute Gasteiger partial charge is 0.355 e. The van der Waals surface area contributed by atoms with Gasteiger partial charge in [0.2, 0.25) is 11.8 Å². The van der Waals surface area contributed by atoms with Gasteiger partial charge in [0.25, 0.3) is 0 Å². The van der Waals surface area contributed by atoms with Crippen molar-refractivity contribution in [3.63, 3.8) is 0 Å². The van der Waals surface area contributed by atoms with Crippen molar-refractivity contribution in [2.45, 2.75) is 25.7 Å². The monoisotopic (exact) mass is 337 g/mol. The molecule has 0 bridgehead atoms. The van der Waals surface area contributed by atoms with Gasteiger partial charge in [0, 0.05) is 39.0 Å². The van der Waals surface area contributed by atoms with Crippen LogP contribution in [0.2, 0.25) is 0 Å². The molecule has 126 valence electrons. The van der Waals surface area contributed by atoms with Crippen molar-refractivity contribution < 1.29 is 14.4 Å². The van der Waals surface area contributed by atoms with E-state index in [2.05, 4.69) is 5.32 Å². The number of piperidine rings is 1. The number of ketones is 1. The number of hydrogen-bond acceptors (Lipinski definition) is 5. The summed E-state index contributed by atoms with van der Waals surface area (Å²) >= 11 is 1.39. The van der Waals surface area contributed by atoms with Gasteiger partial charge in [0.05, 0.1) is 10.8 Å². The Labute approximate surface area is 140 Å². The minimum atomic E-state index is -0.174. The van der Waals surface area contributed by atoms with E-state index in [1.165, 1.54) is 11.3 Å². The number of nitrogens with one attached hydrogen (secondary N) is 1. The highest BCUT2D eigenvalue weighted by Gasteiger charge is 2.28. The summed E-state index contributed by atoms with van der Waals surface area (Å²) in [6.07, 6.45) is 2.02. The summed E-state index contributed by atoms with van der Waals surface area (Å²) in [6, 6.07) is 3.60. The Bertz CT molecular complexity index is 545. The molecular formula is C16H23N3O3S. The molecule has 2 heterocycles. The Balaban J connectivity index is 1.80. The van der Waals surface area contributed by atoms with Crippen LogP contribution in [0, 0.1) is 5.92 Å².